The second-order valence-corrected chi connectivity index (χ2v) is 12.9. The fourth-order valence-corrected chi connectivity index (χ4v) is 6.16. The van der Waals surface area contributed by atoms with Crippen molar-refractivity contribution in [1.29, 1.82) is 0 Å². The fourth-order valence-electron chi connectivity index (χ4n) is 4.60. The number of carbonyl (C=O) groups is 2. The Labute approximate surface area is 240 Å². The van der Waals surface area contributed by atoms with Gasteiger partial charge in [-0.3, -0.25) is 13.9 Å². The molecule has 0 aliphatic heterocycles. The first kappa shape index (κ1) is 30.5. The zero-order valence-electron chi connectivity index (χ0n) is 21.6. The number of amides is 2. The van der Waals surface area contributed by atoms with Gasteiger partial charge in [0.05, 0.1) is 11.9 Å². The molecule has 2 aromatic rings. The van der Waals surface area contributed by atoms with Gasteiger partial charge in [0, 0.05) is 40.6 Å². The monoisotopic (exact) mass is 601 g/mol. The Morgan fingerprint density at radius 2 is 1.63 bits per heavy atom. The molecule has 2 amide bonds. The van der Waals surface area contributed by atoms with Gasteiger partial charge in [-0.15, -0.1) is 0 Å². The topological polar surface area (TPSA) is 86.8 Å². The van der Waals surface area contributed by atoms with Crippen molar-refractivity contribution in [3.05, 3.63) is 63.1 Å². The van der Waals surface area contributed by atoms with Gasteiger partial charge in [0.1, 0.15) is 6.04 Å². The van der Waals surface area contributed by atoms with Crippen LogP contribution in [0.25, 0.3) is 0 Å². The third-order valence-corrected chi connectivity index (χ3v) is 8.77. The fraction of sp³-hybridized carbons (Fsp3) is 0.481. The van der Waals surface area contributed by atoms with Crippen molar-refractivity contribution in [1.82, 2.24) is 10.2 Å². The summed E-state index contributed by atoms with van der Waals surface area (Å²) in [5.74, 6) is -0.485. The summed E-state index contributed by atoms with van der Waals surface area (Å²) in [6.07, 6.45) is 6.61. The largest absolute Gasteiger partial charge is 0.352 e. The van der Waals surface area contributed by atoms with Crippen LogP contribution in [0.2, 0.25) is 15.1 Å². The smallest absolute Gasteiger partial charge is 0.242 e. The Morgan fingerprint density at radius 3 is 2.24 bits per heavy atom. The predicted octanol–water partition coefficient (Wildman–Crippen LogP) is 6.06. The molecule has 38 heavy (non-hydrogen) atoms. The van der Waals surface area contributed by atoms with Crippen LogP contribution in [0.15, 0.2) is 42.5 Å². The molecule has 0 saturated heterocycles. The van der Waals surface area contributed by atoms with Crippen LogP contribution in [-0.4, -0.2) is 50.0 Å². The first-order valence-corrected chi connectivity index (χ1v) is 15.7. The van der Waals surface area contributed by atoms with Gasteiger partial charge in [-0.2, -0.15) is 0 Å². The van der Waals surface area contributed by atoms with Gasteiger partial charge in [0.25, 0.3) is 0 Å². The number of sulfonamides is 1. The van der Waals surface area contributed by atoms with Crippen LogP contribution in [0.4, 0.5) is 5.69 Å². The quantitative estimate of drug-likeness (QED) is 0.339. The van der Waals surface area contributed by atoms with Crippen LogP contribution in [0.3, 0.4) is 0 Å². The normalized spacial score (nSPS) is 15.1. The van der Waals surface area contributed by atoms with Crippen molar-refractivity contribution in [2.24, 2.45) is 0 Å². The highest BCUT2D eigenvalue weighted by Gasteiger charge is 2.29. The van der Waals surface area contributed by atoms with Crippen LogP contribution in [-0.2, 0) is 26.2 Å². The second-order valence-electron chi connectivity index (χ2n) is 9.69. The standard InChI is InChI=1S/C27H34Cl3N3O4S/c1-19(27(35)31-23-7-4-3-5-8-23)32(18-20-10-11-22(29)17-25(20)30)26(34)9-6-16-33(38(2,36)37)24-14-12-21(28)13-15-24/h10-15,17,19,23H,3-9,16,18H2,1-2H3,(H,31,35)/t19-/m0/s1. The number of benzene rings is 2. The molecule has 0 bridgehead atoms. The first-order chi connectivity index (χ1) is 18.0. The molecule has 1 fully saturated rings. The maximum Gasteiger partial charge on any atom is 0.242 e. The van der Waals surface area contributed by atoms with Gasteiger partial charge in [0.2, 0.25) is 21.8 Å². The lowest BCUT2D eigenvalue weighted by atomic mass is 9.95. The second kappa shape index (κ2) is 13.9. The van der Waals surface area contributed by atoms with E-state index < -0.39 is 16.1 Å². The highest BCUT2D eigenvalue weighted by molar-refractivity contribution is 7.92. The Balaban J connectivity index is 1.74. The molecule has 1 aliphatic rings. The van der Waals surface area contributed by atoms with Crippen LogP contribution in [0.1, 0.15) is 57.4 Å². The van der Waals surface area contributed by atoms with Crippen molar-refractivity contribution < 1.29 is 18.0 Å². The Bertz CT molecular complexity index is 1220. The highest BCUT2D eigenvalue weighted by atomic mass is 35.5. The van der Waals surface area contributed by atoms with Crippen LogP contribution < -0.4 is 9.62 Å². The Morgan fingerprint density at radius 1 is 1.00 bits per heavy atom. The predicted molar refractivity (Wildman–Crippen MR) is 154 cm³/mol. The molecule has 11 heteroatoms. The van der Waals surface area contributed by atoms with Gasteiger partial charge in [-0.25, -0.2) is 8.42 Å². The van der Waals surface area contributed by atoms with Crippen molar-refractivity contribution in [2.75, 3.05) is 17.1 Å². The molecule has 0 spiro atoms. The summed E-state index contributed by atoms with van der Waals surface area (Å²) in [5, 5.41) is 4.47. The van der Waals surface area contributed by atoms with E-state index in [2.05, 4.69) is 5.32 Å². The summed E-state index contributed by atoms with van der Waals surface area (Å²) in [4.78, 5) is 28.1. The third kappa shape index (κ3) is 8.76. The molecule has 1 aliphatic carbocycles. The lowest BCUT2D eigenvalue weighted by Crippen LogP contribution is -2.50. The summed E-state index contributed by atoms with van der Waals surface area (Å²) in [6, 6.07) is 10.9. The van der Waals surface area contributed by atoms with Crippen molar-refractivity contribution in [3.63, 3.8) is 0 Å². The molecule has 7 nitrogen and oxygen atoms in total. The number of hydrogen-bond donors (Lipinski definition) is 1. The minimum absolute atomic E-state index is 0.0475. The molecular weight excluding hydrogens is 569 g/mol. The highest BCUT2D eigenvalue weighted by Crippen LogP contribution is 2.25. The van der Waals surface area contributed by atoms with E-state index in [0.717, 1.165) is 31.9 Å². The molecule has 0 aromatic heterocycles. The lowest BCUT2D eigenvalue weighted by molar-refractivity contribution is -0.141. The summed E-state index contributed by atoms with van der Waals surface area (Å²) < 4.78 is 26.1. The number of halogens is 3. The van der Waals surface area contributed by atoms with Gasteiger partial charge < -0.3 is 10.2 Å². The van der Waals surface area contributed by atoms with Crippen molar-refractivity contribution >= 4 is 62.3 Å². The molecule has 1 atom stereocenters. The van der Waals surface area contributed by atoms with E-state index in [1.807, 2.05) is 0 Å². The number of nitrogens with zero attached hydrogens (tertiary/aromatic N) is 2. The molecule has 0 heterocycles. The zero-order chi connectivity index (χ0) is 27.9. The SMILES string of the molecule is C[C@@H](C(=O)NC1CCCCC1)N(Cc1ccc(Cl)cc1Cl)C(=O)CCCN(c1ccc(Cl)cc1)S(C)(=O)=O. The van der Waals surface area contributed by atoms with E-state index in [-0.39, 0.29) is 43.8 Å². The number of nitrogens with one attached hydrogen (secondary N) is 1. The number of anilines is 1. The van der Waals surface area contributed by atoms with Crippen molar-refractivity contribution in [2.45, 2.75) is 70.5 Å². The van der Waals surface area contributed by atoms with E-state index in [0.29, 0.717) is 26.3 Å². The van der Waals surface area contributed by atoms with Crippen LogP contribution in [0, 0.1) is 0 Å². The summed E-state index contributed by atoms with van der Waals surface area (Å²) in [6.45, 7) is 1.93. The molecule has 3 rings (SSSR count). The van der Waals surface area contributed by atoms with E-state index in [1.165, 1.54) is 15.6 Å². The third-order valence-electron chi connectivity index (χ3n) is 6.74. The van der Waals surface area contributed by atoms with Crippen LogP contribution >= 0.6 is 34.8 Å². The molecular formula is C27H34Cl3N3O4S. The van der Waals surface area contributed by atoms with Gasteiger partial charge in [0.15, 0.2) is 0 Å². The first-order valence-electron chi connectivity index (χ1n) is 12.7. The van der Waals surface area contributed by atoms with E-state index in [9.17, 15) is 18.0 Å². The maximum atomic E-state index is 13.5. The van der Waals surface area contributed by atoms with Crippen LogP contribution in [0.5, 0.6) is 0 Å². The van der Waals surface area contributed by atoms with Gasteiger partial charge in [-0.1, -0.05) is 60.1 Å². The number of carbonyl (C=O) groups excluding carboxylic acids is 2. The average Bonchev–Trinajstić information content (AvgIpc) is 2.86. The summed E-state index contributed by atoms with van der Waals surface area (Å²) >= 11 is 18.4. The minimum atomic E-state index is -3.58. The molecule has 1 N–H and O–H groups in total. The molecule has 208 valence electrons. The average molecular weight is 603 g/mol. The summed E-state index contributed by atoms with van der Waals surface area (Å²) in [7, 11) is -3.58. The number of rotatable bonds is 11. The molecule has 0 radical (unpaired) electrons. The Hall–Kier alpha value is -2.00. The van der Waals surface area contributed by atoms with E-state index in [1.54, 1.807) is 49.4 Å². The molecule has 1 saturated carbocycles. The minimum Gasteiger partial charge on any atom is -0.352 e. The number of hydrogen-bond acceptors (Lipinski definition) is 4. The molecule has 2 aromatic carbocycles. The van der Waals surface area contributed by atoms with Gasteiger partial charge >= 0.3 is 0 Å². The van der Waals surface area contributed by atoms with E-state index in [4.69, 9.17) is 34.8 Å². The van der Waals surface area contributed by atoms with Crippen molar-refractivity contribution in [3.8, 4) is 0 Å². The Kier molecular flexibility index (Phi) is 11.2. The summed E-state index contributed by atoms with van der Waals surface area (Å²) in [5.41, 5.74) is 1.13. The lowest BCUT2D eigenvalue weighted by Gasteiger charge is -2.32. The zero-order valence-corrected chi connectivity index (χ0v) is 24.7. The van der Waals surface area contributed by atoms with E-state index >= 15 is 0 Å². The maximum absolute atomic E-state index is 13.5. The van der Waals surface area contributed by atoms with Gasteiger partial charge in [-0.05, 0) is 68.1 Å². The molecule has 0 unspecified atom stereocenters.